The number of sulfonamides is 1. The van der Waals surface area contributed by atoms with Crippen molar-refractivity contribution < 1.29 is 18.0 Å². The summed E-state index contributed by atoms with van der Waals surface area (Å²) < 4.78 is 28.8. The molecule has 0 unspecified atom stereocenters. The van der Waals surface area contributed by atoms with Crippen LogP contribution < -0.4 is 9.62 Å². The topological polar surface area (TPSA) is 86.8 Å². The fraction of sp³-hybridized carbons (Fsp3) is 0.333. The van der Waals surface area contributed by atoms with Crippen molar-refractivity contribution in [1.29, 1.82) is 0 Å². The quantitative estimate of drug-likeness (QED) is 0.238. The maximum Gasteiger partial charge on any atom is 0.264 e. The van der Waals surface area contributed by atoms with E-state index in [1.807, 2.05) is 20.8 Å². The third-order valence-corrected chi connectivity index (χ3v) is 9.02. The molecule has 220 valence electrons. The summed E-state index contributed by atoms with van der Waals surface area (Å²) in [6.07, 6.45) is 0.294. The maximum absolute atomic E-state index is 14.1. The molecule has 0 spiro atoms. The normalized spacial score (nSPS) is 12.2. The lowest BCUT2D eigenvalue weighted by atomic mass is 10.1. The number of benzene rings is 3. The first kappa shape index (κ1) is 32.7. The molecule has 2 amide bonds. The monoisotopic (exact) mass is 637 g/mol. The summed E-state index contributed by atoms with van der Waals surface area (Å²) >= 11 is 18.8. The van der Waals surface area contributed by atoms with Crippen LogP contribution in [0.3, 0.4) is 0 Å². The van der Waals surface area contributed by atoms with E-state index >= 15 is 0 Å². The van der Waals surface area contributed by atoms with E-state index in [4.69, 9.17) is 34.8 Å². The van der Waals surface area contributed by atoms with Gasteiger partial charge in [-0.2, -0.15) is 0 Å². The van der Waals surface area contributed by atoms with E-state index in [0.29, 0.717) is 33.6 Å². The first-order valence-corrected chi connectivity index (χ1v) is 15.8. The number of aryl methyl sites for hydroxylation is 1. The number of rotatable bonds is 12. The van der Waals surface area contributed by atoms with E-state index in [1.54, 1.807) is 55.5 Å². The predicted octanol–water partition coefficient (Wildman–Crippen LogP) is 6.73. The van der Waals surface area contributed by atoms with Crippen molar-refractivity contribution in [2.45, 2.75) is 51.6 Å². The Labute approximate surface area is 257 Å². The highest BCUT2D eigenvalue weighted by atomic mass is 35.5. The number of halogens is 3. The highest BCUT2D eigenvalue weighted by molar-refractivity contribution is 7.92. The maximum atomic E-state index is 14.1. The van der Waals surface area contributed by atoms with Crippen molar-refractivity contribution in [3.8, 4) is 0 Å². The molecule has 3 aromatic rings. The predicted molar refractivity (Wildman–Crippen MR) is 166 cm³/mol. The Morgan fingerprint density at radius 3 is 2.17 bits per heavy atom. The van der Waals surface area contributed by atoms with Gasteiger partial charge in [-0.15, -0.1) is 0 Å². The van der Waals surface area contributed by atoms with Crippen molar-refractivity contribution in [3.05, 3.63) is 92.9 Å². The Hall–Kier alpha value is -2.78. The van der Waals surface area contributed by atoms with E-state index in [0.717, 1.165) is 9.87 Å². The minimum absolute atomic E-state index is 0.0184. The number of hydrogen-bond acceptors (Lipinski definition) is 4. The van der Waals surface area contributed by atoms with Crippen molar-refractivity contribution in [2.75, 3.05) is 17.4 Å². The number of carbonyl (C=O) groups excluding carboxylic acids is 2. The molecular weight excluding hydrogens is 605 g/mol. The molecule has 41 heavy (non-hydrogen) atoms. The smallest absolute Gasteiger partial charge is 0.264 e. The Morgan fingerprint density at radius 1 is 0.927 bits per heavy atom. The molecule has 0 radical (unpaired) electrons. The van der Waals surface area contributed by atoms with Crippen LogP contribution in [0.25, 0.3) is 0 Å². The summed E-state index contributed by atoms with van der Waals surface area (Å²) in [4.78, 5) is 28.8. The van der Waals surface area contributed by atoms with Gasteiger partial charge in [-0.25, -0.2) is 8.42 Å². The van der Waals surface area contributed by atoms with Crippen LogP contribution in [0.1, 0.15) is 38.3 Å². The van der Waals surface area contributed by atoms with E-state index in [2.05, 4.69) is 5.32 Å². The number of anilines is 1. The summed E-state index contributed by atoms with van der Waals surface area (Å²) in [5.74, 6) is -0.724. The molecule has 0 fully saturated rings. The van der Waals surface area contributed by atoms with Gasteiger partial charge in [0.2, 0.25) is 11.8 Å². The SMILES string of the molecule is CC[C@@H](C(=O)NCC(C)C)N(Cc1ccc(Cl)cc1Cl)C(=O)CN(c1cccc(Cl)c1)S(=O)(=O)c1ccc(C)cc1. The zero-order valence-electron chi connectivity index (χ0n) is 23.4. The van der Waals surface area contributed by atoms with Crippen molar-refractivity contribution in [2.24, 2.45) is 5.92 Å². The molecule has 7 nitrogen and oxygen atoms in total. The molecule has 0 aliphatic rings. The Morgan fingerprint density at radius 2 is 1.59 bits per heavy atom. The average Bonchev–Trinajstić information content (AvgIpc) is 2.91. The molecule has 1 N–H and O–H groups in total. The van der Waals surface area contributed by atoms with Crippen molar-refractivity contribution >= 4 is 62.3 Å². The second-order valence-electron chi connectivity index (χ2n) is 10.1. The van der Waals surface area contributed by atoms with Gasteiger partial charge in [0, 0.05) is 28.2 Å². The molecule has 3 aromatic carbocycles. The molecule has 0 aromatic heterocycles. The lowest BCUT2D eigenvalue weighted by Crippen LogP contribution is -2.52. The average molecular weight is 639 g/mol. The summed E-state index contributed by atoms with van der Waals surface area (Å²) in [6.45, 7) is 7.40. The van der Waals surface area contributed by atoms with Gasteiger partial charge in [0.25, 0.3) is 10.0 Å². The Bertz CT molecular complexity index is 1480. The fourth-order valence-electron chi connectivity index (χ4n) is 4.17. The number of carbonyl (C=O) groups is 2. The summed E-state index contributed by atoms with van der Waals surface area (Å²) in [6, 6.07) is 16.6. The molecule has 0 heterocycles. The first-order chi connectivity index (χ1) is 19.3. The Balaban J connectivity index is 2.07. The molecule has 11 heteroatoms. The van der Waals surface area contributed by atoms with Crippen LogP contribution in [0.5, 0.6) is 0 Å². The molecule has 0 bridgehead atoms. The zero-order valence-corrected chi connectivity index (χ0v) is 26.5. The Kier molecular flexibility index (Phi) is 11.5. The van der Waals surface area contributed by atoms with Crippen LogP contribution in [-0.4, -0.2) is 44.3 Å². The minimum Gasteiger partial charge on any atom is -0.354 e. The largest absolute Gasteiger partial charge is 0.354 e. The van der Waals surface area contributed by atoms with Gasteiger partial charge >= 0.3 is 0 Å². The molecule has 0 aliphatic heterocycles. The van der Waals surface area contributed by atoms with E-state index in [9.17, 15) is 18.0 Å². The molecule has 1 atom stereocenters. The van der Waals surface area contributed by atoms with Gasteiger partial charge in [0.15, 0.2) is 0 Å². The van der Waals surface area contributed by atoms with E-state index in [-0.39, 0.29) is 29.0 Å². The van der Waals surface area contributed by atoms with Crippen LogP contribution in [0, 0.1) is 12.8 Å². The van der Waals surface area contributed by atoms with Gasteiger partial charge in [-0.3, -0.25) is 13.9 Å². The molecule has 0 saturated carbocycles. The van der Waals surface area contributed by atoms with Crippen LogP contribution in [0.15, 0.2) is 71.6 Å². The van der Waals surface area contributed by atoms with Crippen LogP contribution in [0.4, 0.5) is 5.69 Å². The number of amides is 2. The third kappa shape index (κ3) is 8.61. The molecule has 3 rings (SSSR count). The van der Waals surface area contributed by atoms with Crippen LogP contribution >= 0.6 is 34.8 Å². The van der Waals surface area contributed by atoms with Gasteiger partial charge in [-0.05, 0) is 67.3 Å². The lowest BCUT2D eigenvalue weighted by molar-refractivity contribution is -0.140. The summed E-state index contributed by atoms with van der Waals surface area (Å²) in [5, 5.41) is 3.96. The van der Waals surface area contributed by atoms with Crippen molar-refractivity contribution in [1.82, 2.24) is 10.2 Å². The standard InChI is InChI=1S/C30H34Cl3N3O4S/c1-5-28(30(38)34-17-20(2)3)35(18-22-11-12-24(32)16-27(22)33)29(37)19-36(25-8-6-7-23(31)15-25)41(39,40)26-13-9-21(4)10-14-26/h6-16,20,28H,5,17-19H2,1-4H3,(H,34,38)/t28-/m0/s1. The first-order valence-electron chi connectivity index (χ1n) is 13.2. The van der Waals surface area contributed by atoms with Gasteiger partial charge in [0.05, 0.1) is 10.6 Å². The summed E-state index contributed by atoms with van der Waals surface area (Å²) in [7, 11) is -4.19. The van der Waals surface area contributed by atoms with E-state index in [1.165, 1.54) is 23.1 Å². The number of nitrogens with one attached hydrogen (secondary N) is 1. The second-order valence-corrected chi connectivity index (χ2v) is 13.3. The minimum atomic E-state index is -4.19. The summed E-state index contributed by atoms with van der Waals surface area (Å²) in [5.41, 5.74) is 1.67. The van der Waals surface area contributed by atoms with E-state index < -0.39 is 28.5 Å². The van der Waals surface area contributed by atoms with Crippen LogP contribution in [0.2, 0.25) is 15.1 Å². The zero-order chi connectivity index (χ0) is 30.3. The van der Waals surface area contributed by atoms with Gasteiger partial charge in [-0.1, -0.05) is 85.4 Å². The number of nitrogens with zero attached hydrogens (tertiary/aromatic N) is 2. The van der Waals surface area contributed by atoms with Crippen LogP contribution in [-0.2, 0) is 26.2 Å². The van der Waals surface area contributed by atoms with Gasteiger partial charge in [0.1, 0.15) is 12.6 Å². The molecule has 0 aliphatic carbocycles. The lowest BCUT2D eigenvalue weighted by Gasteiger charge is -2.33. The molecular formula is C30H34Cl3N3O4S. The highest BCUT2D eigenvalue weighted by Crippen LogP contribution is 2.28. The molecule has 0 saturated heterocycles. The highest BCUT2D eigenvalue weighted by Gasteiger charge is 2.34. The number of hydrogen-bond donors (Lipinski definition) is 1. The third-order valence-electron chi connectivity index (χ3n) is 6.41. The fourth-order valence-corrected chi connectivity index (χ4v) is 6.23. The van der Waals surface area contributed by atoms with Gasteiger partial charge < -0.3 is 10.2 Å². The van der Waals surface area contributed by atoms with Crippen molar-refractivity contribution in [3.63, 3.8) is 0 Å². The second kappa shape index (κ2) is 14.4.